The van der Waals surface area contributed by atoms with E-state index >= 15 is 0 Å². The smallest absolute Gasteiger partial charge is 0.0589 e. The summed E-state index contributed by atoms with van der Waals surface area (Å²) in [5, 5.41) is 3.30. The van der Waals surface area contributed by atoms with Gasteiger partial charge in [-0.1, -0.05) is 5.57 Å². The molecule has 2 aliphatic rings. The predicted molar refractivity (Wildman–Crippen MR) is 62.0 cm³/mol. The van der Waals surface area contributed by atoms with Crippen molar-refractivity contribution in [3.05, 3.63) is 11.1 Å². The first-order valence-corrected chi connectivity index (χ1v) is 5.92. The molecule has 0 atom stereocenters. The summed E-state index contributed by atoms with van der Waals surface area (Å²) in [5.41, 5.74) is 3.18. The molecule has 15 heavy (non-hydrogen) atoms. The van der Waals surface area contributed by atoms with Crippen LogP contribution in [0.5, 0.6) is 0 Å². The third kappa shape index (κ3) is 3.03. The number of methoxy groups -OCH3 is 1. The summed E-state index contributed by atoms with van der Waals surface area (Å²) < 4.78 is 5.16. The Morgan fingerprint density at radius 3 is 2.67 bits per heavy atom. The van der Waals surface area contributed by atoms with E-state index in [1.807, 2.05) is 0 Å². The number of hydrogen-bond donors (Lipinski definition) is 1. The van der Waals surface area contributed by atoms with Gasteiger partial charge in [0.1, 0.15) is 0 Å². The van der Waals surface area contributed by atoms with E-state index in [-0.39, 0.29) is 0 Å². The van der Waals surface area contributed by atoms with Crippen molar-refractivity contribution < 1.29 is 4.74 Å². The lowest BCUT2D eigenvalue weighted by Gasteiger charge is -2.27. The normalized spacial score (nSPS) is 20.6. The first kappa shape index (κ1) is 11.1. The molecule has 2 fully saturated rings. The van der Waals surface area contributed by atoms with Crippen LogP contribution < -0.4 is 5.32 Å². The van der Waals surface area contributed by atoms with Crippen molar-refractivity contribution in [2.75, 3.05) is 39.9 Å². The fraction of sp³-hybridized carbons (Fsp3) is 0.833. The minimum absolute atomic E-state index is 0.837. The molecule has 0 bridgehead atoms. The van der Waals surface area contributed by atoms with Crippen LogP contribution in [0.1, 0.15) is 19.8 Å². The third-order valence-electron chi connectivity index (χ3n) is 3.37. The molecule has 1 N–H and O–H groups in total. The largest absolute Gasteiger partial charge is 0.383 e. The topological polar surface area (TPSA) is 24.5 Å². The maximum Gasteiger partial charge on any atom is 0.0589 e. The SMILES string of the molecule is COCCN(CC(C)=C1CNC1)C1CC1. The van der Waals surface area contributed by atoms with E-state index in [0.717, 1.165) is 38.8 Å². The van der Waals surface area contributed by atoms with E-state index in [2.05, 4.69) is 17.1 Å². The quantitative estimate of drug-likeness (QED) is 0.662. The maximum absolute atomic E-state index is 5.16. The first-order chi connectivity index (χ1) is 7.31. The molecule has 0 radical (unpaired) electrons. The summed E-state index contributed by atoms with van der Waals surface area (Å²) in [7, 11) is 1.78. The Labute approximate surface area is 92.5 Å². The lowest BCUT2D eigenvalue weighted by atomic mass is 10.0. The number of nitrogens with zero attached hydrogens (tertiary/aromatic N) is 1. The van der Waals surface area contributed by atoms with Crippen LogP contribution in [0.15, 0.2) is 11.1 Å². The van der Waals surface area contributed by atoms with Gasteiger partial charge in [-0.15, -0.1) is 0 Å². The van der Waals surface area contributed by atoms with Crippen molar-refractivity contribution in [2.24, 2.45) is 0 Å². The molecule has 0 spiro atoms. The molecule has 2 rings (SSSR count). The van der Waals surface area contributed by atoms with Crippen LogP contribution in [-0.2, 0) is 4.74 Å². The number of nitrogens with one attached hydrogen (secondary N) is 1. The molecule has 3 nitrogen and oxygen atoms in total. The molecule has 1 aliphatic heterocycles. The molecule has 1 aliphatic carbocycles. The first-order valence-electron chi connectivity index (χ1n) is 5.92. The summed E-state index contributed by atoms with van der Waals surface area (Å²) >= 11 is 0. The van der Waals surface area contributed by atoms with Crippen molar-refractivity contribution >= 4 is 0 Å². The average molecular weight is 210 g/mol. The number of ether oxygens (including phenoxy) is 1. The molecule has 1 saturated heterocycles. The lowest BCUT2D eigenvalue weighted by Crippen LogP contribution is -2.38. The molecular weight excluding hydrogens is 188 g/mol. The standard InChI is InChI=1S/C12H22N2O/c1-10(11-7-13-8-11)9-14(5-6-15-2)12-3-4-12/h12-13H,3-9H2,1-2H3. The average Bonchev–Trinajstić information content (AvgIpc) is 2.92. The third-order valence-corrected chi connectivity index (χ3v) is 3.37. The van der Waals surface area contributed by atoms with Gasteiger partial charge in [-0.2, -0.15) is 0 Å². The zero-order valence-electron chi connectivity index (χ0n) is 9.88. The molecule has 0 aromatic carbocycles. The van der Waals surface area contributed by atoms with Gasteiger partial charge in [0.25, 0.3) is 0 Å². The van der Waals surface area contributed by atoms with E-state index in [0.29, 0.717) is 0 Å². The molecule has 0 unspecified atom stereocenters. The zero-order chi connectivity index (χ0) is 10.7. The Morgan fingerprint density at radius 2 is 2.20 bits per heavy atom. The minimum atomic E-state index is 0.837. The van der Waals surface area contributed by atoms with E-state index in [1.54, 1.807) is 18.3 Å². The molecule has 86 valence electrons. The van der Waals surface area contributed by atoms with Crippen LogP contribution in [0.3, 0.4) is 0 Å². The lowest BCUT2D eigenvalue weighted by molar-refractivity contribution is 0.149. The fourth-order valence-corrected chi connectivity index (χ4v) is 2.01. The van der Waals surface area contributed by atoms with Gasteiger partial charge in [-0.25, -0.2) is 0 Å². The maximum atomic E-state index is 5.16. The van der Waals surface area contributed by atoms with E-state index < -0.39 is 0 Å². The van der Waals surface area contributed by atoms with E-state index in [4.69, 9.17) is 4.74 Å². The van der Waals surface area contributed by atoms with Gasteiger partial charge < -0.3 is 10.1 Å². The van der Waals surface area contributed by atoms with Crippen LogP contribution >= 0.6 is 0 Å². The molecule has 0 aromatic heterocycles. The van der Waals surface area contributed by atoms with Gasteiger partial charge in [0, 0.05) is 39.3 Å². The molecule has 1 heterocycles. The highest BCUT2D eigenvalue weighted by molar-refractivity contribution is 5.22. The predicted octanol–water partition coefficient (Wildman–Crippen LogP) is 1.02. The van der Waals surface area contributed by atoms with Crippen molar-refractivity contribution in [2.45, 2.75) is 25.8 Å². The van der Waals surface area contributed by atoms with Crippen molar-refractivity contribution in [1.29, 1.82) is 0 Å². The van der Waals surface area contributed by atoms with Gasteiger partial charge in [0.05, 0.1) is 6.61 Å². The highest BCUT2D eigenvalue weighted by Gasteiger charge is 2.29. The van der Waals surface area contributed by atoms with Crippen LogP contribution in [0, 0.1) is 0 Å². The Bertz CT molecular complexity index is 240. The highest BCUT2D eigenvalue weighted by atomic mass is 16.5. The second-order valence-electron chi connectivity index (χ2n) is 4.68. The summed E-state index contributed by atoms with van der Waals surface area (Å²) in [6.07, 6.45) is 2.76. The summed E-state index contributed by atoms with van der Waals surface area (Å²) in [4.78, 5) is 2.57. The Kier molecular flexibility index (Phi) is 3.78. The van der Waals surface area contributed by atoms with Crippen LogP contribution in [0.25, 0.3) is 0 Å². The Balaban J connectivity index is 1.82. The van der Waals surface area contributed by atoms with Crippen LogP contribution in [0.4, 0.5) is 0 Å². The summed E-state index contributed by atoms with van der Waals surface area (Å²) in [6, 6.07) is 0.837. The second-order valence-corrected chi connectivity index (χ2v) is 4.68. The van der Waals surface area contributed by atoms with Gasteiger partial charge >= 0.3 is 0 Å². The molecular formula is C12H22N2O. The molecule has 0 aromatic rings. The van der Waals surface area contributed by atoms with Gasteiger partial charge in [-0.3, -0.25) is 4.90 Å². The fourth-order valence-electron chi connectivity index (χ4n) is 2.01. The van der Waals surface area contributed by atoms with Crippen LogP contribution in [0.2, 0.25) is 0 Å². The zero-order valence-corrected chi connectivity index (χ0v) is 9.88. The van der Waals surface area contributed by atoms with Crippen LogP contribution in [-0.4, -0.2) is 50.8 Å². The summed E-state index contributed by atoms with van der Waals surface area (Å²) in [6.45, 7) is 7.57. The Morgan fingerprint density at radius 1 is 1.47 bits per heavy atom. The number of hydrogen-bond acceptors (Lipinski definition) is 3. The highest BCUT2D eigenvalue weighted by Crippen LogP contribution is 2.27. The van der Waals surface area contributed by atoms with Crippen molar-refractivity contribution in [3.63, 3.8) is 0 Å². The van der Waals surface area contributed by atoms with Crippen molar-refractivity contribution in [1.82, 2.24) is 10.2 Å². The molecule has 1 saturated carbocycles. The van der Waals surface area contributed by atoms with Gasteiger partial charge in [-0.05, 0) is 25.3 Å². The summed E-state index contributed by atoms with van der Waals surface area (Å²) in [5.74, 6) is 0. The molecule has 0 amide bonds. The van der Waals surface area contributed by atoms with E-state index in [1.165, 1.54) is 12.8 Å². The number of rotatable bonds is 6. The van der Waals surface area contributed by atoms with Gasteiger partial charge in [0.2, 0.25) is 0 Å². The molecule has 3 heteroatoms. The minimum Gasteiger partial charge on any atom is -0.383 e. The van der Waals surface area contributed by atoms with E-state index in [9.17, 15) is 0 Å². The Hall–Kier alpha value is -0.380. The second kappa shape index (κ2) is 5.10. The monoisotopic (exact) mass is 210 g/mol. The van der Waals surface area contributed by atoms with Gasteiger partial charge in [0.15, 0.2) is 0 Å². The van der Waals surface area contributed by atoms with Crippen molar-refractivity contribution in [3.8, 4) is 0 Å².